The van der Waals surface area contributed by atoms with E-state index in [0.29, 0.717) is 19.1 Å². The van der Waals surface area contributed by atoms with Gasteiger partial charge in [-0.25, -0.2) is 42.5 Å². The predicted octanol–water partition coefficient (Wildman–Crippen LogP) is 2.16. The van der Waals surface area contributed by atoms with Gasteiger partial charge in [-0.15, -0.1) is 0 Å². The minimum Gasteiger partial charge on any atom is -0.459 e. The number of aliphatic hydroxyl groups excluding tert-OH is 1. The Bertz CT molecular complexity index is 2120. The summed E-state index contributed by atoms with van der Waals surface area (Å²) >= 11 is 0. The lowest BCUT2D eigenvalue weighted by molar-refractivity contribution is -0.00632. The first kappa shape index (κ1) is 33.3. The summed E-state index contributed by atoms with van der Waals surface area (Å²) in [5, 5.41) is 12.2. The molecule has 1 N–H and O–H groups in total. The minimum atomic E-state index is -1.51. The molecule has 5 rings (SSSR count). The van der Waals surface area contributed by atoms with Crippen molar-refractivity contribution in [3.63, 3.8) is 0 Å². The van der Waals surface area contributed by atoms with Crippen molar-refractivity contribution in [1.82, 2.24) is 13.7 Å². The van der Waals surface area contributed by atoms with Crippen molar-refractivity contribution in [1.29, 1.82) is 0 Å². The Balaban J connectivity index is 1.35. The van der Waals surface area contributed by atoms with Crippen molar-refractivity contribution in [2.45, 2.75) is 25.3 Å². The summed E-state index contributed by atoms with van der Waals surface area (Å²) < 4.78 is 18.1. The molecule has 0 bridgehead atoms. The van der Waals surface area contributed by atoms with Crippen LogP contribution in [0.2, 0.25) is 0 Å². The molecule has 48 heavy (non-hydrogen) atoms. The summed E-state index contributed by atoms with van der Waals surface area (Å²) in [6.45, 7) is -2.33. The number of hydrogen-bond donors (Lipinski definition) is 1. The lowest BCUT2D eigenvalue weighted by Crippen LogP contribution is -2.56. The molecule has 0 spiro atoms. The van der Waals surface area contributed by atoms with Crippen LogP contribution in [0, 0.1) is 0 Å². The largest absolute Gasteiger partial charge is 0.459 e. The lowest BCUT2D eigenvalue weighted by Gasteiger charge is -2.20. The molecule has 1 aromatic heterocycles. The summed E-state index contributed by atoms with van der Waals surface area (Å²) in [4.78, 5) is 77.9. The van der Waals surface area contributed by atoms with E-state index in [2.05, 4.69) is 0 Å². The van der Waals surface area contributed by atoms with Gasteiger partial charge in [0.2, 0.25) is 0 Å². The predicted molar refractivity (Wildman–Crippen MR) is 173 cm³/mol. The third-order valence-electron chi connectivity index (χ3n) is 7.39. The van der Waals surface area contributed by atoms with Crippen molar-refractivity contribution in [2.24, 2.45) is 7.05 Å². The number of carbonyl (C=O) groups is 3. The Morgan fingerprint density at radius 2 is 1.17 bits per heavy atom. The molecule has 0 saturated carbocycles. The van der Waals surface area contributed by atoms with Gasteiger partial charge in [-0.2, -0.15) is 0 Å². The SMILES string of the molecule is Cn1c(=O)n(CC(O)COC(=O)c2cccc3ccccc23)c(=O)n(CC(COC(=O)c2ccccc2)OC(=O)c2ccccc2)c1=O. The highest BCUT2D eigenvalue weighted by atomic mass is 16.6. The molecule has 4 aromatic carbocycles. The zero-order chi connectivity index (χ0) is 34.2. The molecule has 13 nitrogen and oxygen atoms in total. The van der Waals surface area contributed by atoms with E-state index in [1.807, 2.05) is 18.2 Å². The smallest absolute Gasteiger partial charge is 0.338 e. The molecule has 0 saturated heterocycles. The van der Waals surface area contributed by atoms with E-state index in [1.165, 1.54) is 24.3 Å². The third-order valence-corrected chi connectivity index (χ3v) is 7.39. The van der Waals surface area contributed by atoms with E-state index >= 15 is 0 Å². The maximum atomic E-state index is 13.5. The molecule has 1 heterocycles. The van der Waals surface area contributed by atoms with E-state index in [9.17, 15) is 33.9 Å². The lowest BCUT2D eigenvalue weighted by atomic mass is 10.1. The van der Waals surface area contributed by atoms with Crippen LogP contribution >= 0.6 is 0 Å². The first-order valence-corrected chi connectivity index (χ1v) is 14.9. The molecule has 0 amide bonds. The summed E-state index contributed by atoms with van der Waals surface area (Å²) in [5.74, 6) is -2.26. The van der Waals surface area contributed by atoms with Gasteiger partial charge >= 0.3 is 35.0 Å². The molecule has 246 valence electrons. The second kappa shape index (κ2) is 15.0. The van der Waals surface area contributed by atoms with Gasteiger partial charge in [0.1, 0.15) is 19.3 Å². The van der Waals surface area contributed by atoms with Gasteiger partial charge in [0.15, 0.2) is 6.10 Å². The minimum absolute atomic E-state index is 0.170. The number of rotatable bonds is 12. The normalized spacial score (nSPS) is 12.2. The van der Waals surface area contributed by atoms with Crippen LogP contribution in [0.25, 0.3) is 10.8 Å². The molecule has 2 unspecified atom stereocenters. The molecular weight excluding hydrogens is 622 g/mol. The Morgan fingerprint density at radius 1 is 0.625 bits per heavy atom. The topological polar surface area (TPSA) is 165 Å². The summed E-state index contributed by atoms with van der Waals surface area (Å²) in [6.07, 6.45) is -2.85. The van der Waals surface area contributed by atoms with Crippen LogP contribution in [0.4, 0.5) is 0 Å². The Hall–Kier alpha value is -6.08. The van der Waals surface area contributed by atoms with Gasteiger partial charge in [0, 0.05) is 7.05 Å². The van der Waals surface area contributed by atoms with E-state index in [0.717, 1.165) is 12.4 Å². The fourth-order valence-electron chi connectivity index (χ4n) is 4.93. The van der Waals surface area contributed by atoms with Gasteiger partial charge in [-0.1, -0.05) is 72.8 Å². The number of carbonyl (C=O) groups excluding carboxylic acids is 3. The molecule has 13 heteroatoms. The van der Waals surface area contributed by atoms with E-state index < -0.39 is 73.5 Å². The van der Waals surface area contributed by atoms with Crippen molar-refractivity contribution < 1.29 is 33.7 Å². The first-order chi connectivity index (χ1) is 23.1. The highest BCUT2D eigenvalue weighted by Gasteiger charge is 2.24. The summed E-state index contributed by atoms with van der Waals surface area (Å²) in [6, 6.07) is 28.2. The number of hydrogen-bond acceptors (Lipinski definition) is 10. The number of aromatic nitrogens is 3. The van der Waals surface area contributed by atoms with Gasteiger partial charge in [-0.05, 0) is 41.1 Å². The van der Waals surface area contributed by atoms with Gasteiger partial charge in [0.25, 0.3) is 0 Å². The average molecular weight is 654 g/mol. The monoisotopic (exact) mass is 653 g/mol. The molecule has 2 atom stereocenters. The number of aliphatic hydroxyl groups is 1. The van der Waals surface area contributed by atoms with Crippen LogP contribution in [0.15, 0.2) is 118 Å². The molecule has 0 fully saturated rings. The standard InChI is InChI=1S/C35H31N3O10/c1-36-33(43)37(19-26(39)21-46-32(42)29-18-10-16-23-11-8-9-17-28(23)29)35(45)38(34(36)44)20-27(48-31(41)25-14-6-3-7-15-25)22-47-30(40)24-12-4-2-5-13-24/h2-18,26-27,39H,19-22H2,1H3. The van der Waals surface area contributed by atoms with Gasteiger partial charge in [0.05, 0.1) is 29.8 Å². The number of esters is 3. The van der Waals surface area contributed by atoms with E-state index in [1.54, 1.807) is 60.7 Å². The Labute approximate surface area is 272 Å². The number of benzene rings is 4. The Morgan fingerprint density at radius 3 is 1.83 bits per heavy atom. The highest BCUT2D eigenvalue weighted by Crippen LogP contribution is 2.19. The van der Waals surface area contributed by atoms with Crippen LogP contribution in [0.3, 0.4) is 0 Å². The number of ether oxygens (including phenoxy) is 3. The molecular formula is C35H31N3O10. The molecule has 0 aliphatic carbocycles. The second-order valence-electron chi connectivity index (χ2n) is 10.8. The summed E-state index contributed by atoms with van der Waals surface area (Å²) in [7, 11) is 1.13. The van der Waals surface area contributed by atoms with Crippen LogP contribution in [0.1, 0.15) is 31.1 Å². The average Bonchev–Trinajstić information content (AvgIpc) is 3.12. The molecule has 0 aliphatic heterocycles. The maximum Gasteiger partial charge on any atom is 0.338 e. The zero-order valence-corrected chi connectivity index (χ0v) is 25.8. The first-order valence-electron chi connectivity index (χ1n) is 14.9. The van der Waals surface area contributed by atoms with Crippen LogP contribution in [-0.2, 0) is 34.3 Å². The molecule has 0 aliphatic rings. The number of nitrogens with zero attached hydrogens (tertiary/aromatic N) is 3. The quantitative estimate of drug-likeness (QED) is 0.156. The van der Waals surface area contributed by atoms with Crippen LogP contribution in [-0.4, -0.2) is 62.1 Å². The summed E-state index contributed by atoms with van der Waals surface area (Å²) in [5.41, 5.74) is -2.53. The van der Waals surface area contributed by atoms with Crippen LogP contribution in [0.5, 0.6) is 0 Å². The zero-order valence-electron chi connectivity index (χ0n) is 25.8. The molecule has 0 radical (unpaired) electrons. The van der Waals surface area contributed by atoms with Gasteiger partial charge in [-0.3, -0.25) is 0 Å². The third kappa shape index (κ3) is 7.65. The Kier molecular flexibility index (Phi) is 10.4. The highest BCUT2D eigenvalue weighted by molar-refractivity contribution is 6.04. The number of fused-ring (bicyclic) bond motifs is 1. The fraction of sp³-hybridized carbons (Fsp3) is 0.200. The van der Waals surface area contributed by atoms with E-state index in [-0.39, 0.29) is 16.7 Å². The van der Waals surface area contributed by atoms with Crippen molar-refractivity contribution in [3.8, 4) is 0 Å². The second-order valence-corrected chi connectivity index (χ2v) is 10.8. The maximum absolute atomic E-state index is 13.5. The van der Waals surface area contributed by atoms with Crippen molar-refractivity contribution >= 4 is 28.7 Å². The van der Waals surface area contributed by atoms with Crippen molar-refractivity contribution in [3.05, 3.63) is 151 Å². The van der Waals surface area contributed by atoms with Crippen molar-refractivity contribution in [2.75, 3.05) is 13.2 Å². The molecule has 5 aromatic rings. The van der Waals surface area contributed by atoms with Gasteiger partial charge < -0.3 is 19.3 Å². The van der Waals surface area contributed by atoms with E-state index in [4.69, 9.17) is 14.2 Å². The fourth-order valence-corrected chi connectivity index (χ4v) is 4.93. The van der Waals surface area contributed by atoms with Crippen LogP contribution < -0.4 is 17.1 Å².